The maximum atomic E-state index is 2.36. The Hall–Kier alpha value is 0.860. The molecule has 0 saturated carbocycles. The van der Waals surface area contributed by atoms with E-state index in [1.54, 1.807) is 0 Å². The molecule has 0 aliphatic heterocycles. The van der Waals surface area contributed by atoms with Crippen molar-refractivity contribution < 1.29 is 0 Å². The number of hydrogen-bond acceptors (Lipinski definition) is 0. The lowest BCUT2D eigenvalue weighted by atomic mass is 10.3. The Morgan fingerprint density at radius 2 is 1.33 bits per heavy atom. The summed E-state index contributed by atoms with van der Waals surface area (Å²) in [6.45, 7) is 9.32. The highest BCUT2D eigenvalue weighted by Gasteiger charge is 2.03. The summed E-state index contributed by atoms with van der Waals surface area (Å²) in [6, 6.07) is 0. The molecule has 9 heavy (non-hydrogen) atoms. The summed E-state index contributed by atoms with van der Waals surface area (Å²) in [5.74, 6) is 0. The van der Waals surface area contributed by atoms with E-state index in [4.69, 9.17) is 0 Å². The Kier molecular flexibility index (Phi) is 6.17. The van der Waals surface area contributed by atoms with Gasteiger partial charge in [0.05, 0.1) is 0 Å². The summed E-state index contributed by atoms with van der Waals surface area (Å²) in [4.78, 5) is 0. The van der Waals surface area contributed by atoms with Crippen molar-refractivity contribution in [3.63, 3.8) is 0 Å². The monoisotopic (exact) mass is 164 g/mol. The molecular formula is C7H18P2. The van der Waals surface area contributed by atoms with Gasteiger partial charge in [-0.1, -0.05) is 13.8 Å². The molecule has 0 aromatic heterocycles. The molecule has 0 bridgehead atoms. The van der Waals surface area contributed by atoms with Gasteiger partial charge in [-0.25, -0.2) is 0 Å². The second-order valence-corrected chi connectivity index (χ2v) is 5.74. The molecule has 0 aliphatic rings. The van der Waals surface area contributed by atoms with Gasteiger partial charge in [0.25, 0.3) is 0 Å². The highest BCUT2D eigenvalue weighted by molar-refractivity contribution is 7.39. The van der Waals surface area contributed by atoms with E-state index in [-0.39, 0.29) is 0 Å². The van der Waals surface area contributed by atoms with Gasteiger partial charge >= 0.3 is 0 Å². The zero-order valence-electron chi connectivity index (χ0n) is 6.86. The summed E-state index contributed by atoms with van der Waals surface area (Å²) >= 11 is 0. The summed E-state index contributed by atoms with van der Waals surface area (Å²) in [6.07, 6.45) is 1.43. The molecule has 0 spiro atoms. The lowest BCUT2D eigenvalue weighted by molar-refractivity contribution is 0.797. The van der Waals surface area contributed by atoms with Crippen LogP contribution in [0, 0.1) is 0 Å². The fraction of sp³-hybridized carbons (Fsp3) is 1.00. The Morgan fingerprint density at radius 1 is 1.00 bits per heavy atom. The Bertz CT molecular complexity index is 55.9. The zero-order chi connectivity index (χ0) is 7.28. The van der Waals surface area contributed by atoms with Gasteiger partial charge in [0.2, 0.25) is 0 Å². The van der Waals surface area contributed by atoms with Gasteiger partial charge in [0, 0.05) is 0 Å². The molecular weight excluding hydrogens is 146 g/mol. The molecule has 0 amide bonds. The third kappa shape index (κ3) is 5.31. The van der Waals surface area contributed by atoms with Crippen molar-refractivity contribution in [1.29, 1.82) is 0 Å². The molecule has 0 radical (unpaired) electrons. The lowest BCUT2D eigenvalue weighted by Gasteiger charge is -2.12. The molecule has 0 nitrogen and oxygen atoms in total. The molecule has 0 saturated heterocycles. The molecule has 0 aromatic carbocycles. The van der Waals surface area contributed by atoms with E-state index in [9.17, 15) is 0 Å². The van der Waals surface area contributed by atoms with Crippen molar-refractivity contribution in [3.05, 3.63) is 0 Å². The summed E-state index contributed by atoms with van der Waals surface area (Å²) in [7, 11) is 2.26. The normalized spacial score (nSPS) is 20.0. The van der Waals surface area contributed by atoms with E-state index < -0.39 is 0 Å². The van der Waals surface area contributed by atoms with Crippen LogP contribution in [0.1, 0.15) is 20.3 Å². The summed E-state index contributed by atoms with van der Waals surface area (Å²) in [5, 5.41) is 0. The third-order valence-electron chi connectivity index (χ3n) is 1.69. The van der Waals surface area contributed by atoms with E-state index in [1.807, 2.05) is 0 Å². The van der Waals surface area contributed by atoms with Crippen molar-refractivity contribution in [2.45, 2.75) is 31.6 Å². The topological polar surface area (TPSA) is 0 Å². The van der Waals surface area contributed by atoms with Gasteiger partial charge in [-0.15, -0.1) is 17.2 Å². The summed E-state index contributed by atoms with van der Waals surface area (Å²) in [5.41, 5.74) is 1.93. The van der Waals surface area contributed by atoms with Crippen molar-refractivity contribution in [1.82, 2.24) is 0 Å². The quantitative estimate of drug-likeness (QED) is 0.560. The van der Waals surface area contributed by atoms with Crippen LogP contribution < -0.4 is 0 Å². The van der Waals surface area contributed by atoms with E-state index in [1.165, 1.54) is 6.42 Å². The second kappa shape index (κ2) is 5.63. The smallest absolute Gasteiger partial charge is 0.0262 e. The average molecular weight is 164 g/mol. The Morgan fingerprint density at radius 3 is 1.56 bits per heavy atom. The standard InChI is InChI=1S/C7H18P2/c1-6(8-3)5-7(2)9-4/h6-9H,5H2,1-4H3/t6-,7-/m0/s1. The van der Waals surface area contributed by atoms with Crippen molar-refractivity contribution in [2.75, 3.05) is 13.3 Å². The molecule has 0 N–H and O–H groups in total. The van der Waals surface area contributed by atoms with Gasteiger partial charge in [-0.2, -0.15) is 0 Å². The van der Waals surface area contributed by atoms with Gasteiger partial charge in [0.15, 0.2) is 0 Å². The van der Waals surface area contributed by atoms with Gasteiger partial charge in [-0.3, -0.25) is 0 Å². The third-order valence-corrected chi connectivity index (χ3v) is 4.14. The van der Waals surface area contributed by atoms with Crippen LogP contribution in [0.15, 0.2) is 0 Å². The predicted octanol–water partition coefficient (Wildman–Crippen LogP) is 2.77. The number of hydrogen-bond donors (Lipinski definition) is 0. The second-order valence-electron chi connectivity index (χ2n) is 2.62. The van der Waals surface area contributed by atoms with Gasteiger partial charge < -0.3 is 0 Å². The minimum absolute atomic E-state index is 0.965. The summed E-state index contributed by atoms with van der Waals surface area (Å²) < 4.78 is 0. The van der Waals surface area contributed by atoms with Crippen LogP contribution in [0.5, 0.6) is 0 Å². The van der Waals surface area contributed by atoms with Gasteiger partial charge in [0.1, 0.15) is 0 Å². The van der Waals surface area contributed by atoms with E-state index in [2.05, 4.69) is 27.2 Å². The highest BCUT2D eigenvalue weighted by Crippen LogP contribution is 2.25. The van der Waals surface area contributed by atoms with E-state index in [0.29, 0.717) is 0 Å². The molecule has 0 heterocycles. The molecule has 56 valence electrons. The van der Waals surface area contributed by atoms with Crippen LogP contribution in [-0.4, -0.2) is 24.6 Å². The zero-order valence-corrected chi connectivity index (χ0v) is 8.86. The van der Waals surface area contributed by atoms with Crippen LogP contribution in [0.25, 0.3) is 0 Å². The van der Waals surface area contributed by atoms with Crippen LogP contribution >= 0.6 is 17.2 Å². The van der Waals surface area contributed by atoms with Crippen molar-refractivity contribution in [3.8, 4) is 0 Å². The first kappa shape index (κ1) is 9.86. The largest absolute Gasteiger partial charge is 0.122 e. The first-order valence-electron chi connectivity index (χ1n) is 3.55. The number of rotatable bonds is 4. The van der Waals surface area contributed by atoms with E-state index in [0.717, 1.165) is 28.5 Å². The Labute approximate surface area is 62.8 Å². The minimum Gasteiger partial charge on any atom is -0.122 e. The van der Waals surface area contributed by atoms with E-state index >= 15 is 0 Å². The van der Waals surface area contributed by atoms with Crippen LogP contribution in [-0.2, 0) is 0 Å². The molecule has 0 fully saturated rings. The SMILES string of the molecule is CP[C@@H](C)C[C@H](C)PC. The minimum atomic E-state index is 0.965. The molecule has 4 atom stereocenters. The molecule has 2 heteroatoms. The Balaban J connectivity index is 3.22. The maximum Gasteiger partial charge on any atom is -0.0262 e. The highest BCUT2D eigenvalue weighted by atomic mass is 31.1. The average Bonchev–Trinajstić information content (AvgIpc) is 1.87. The first-order valence-corrected chi connectivity index (χ1v) is 6.70. The predicted molar refractivity (Wildman–Crippen MR) is 52.0 cm³/mol. The first-order chi connectivity index (χ1) is 4.20. The van der Waals surface area contributed by atoms with Gasteiger partial charge in [-0.05, 0) is 31.1 Å². The molecule has 0 rings (SSSR count). The lowest BCUT2D eigenvalue weighted by Crippen LogP contribution is -2.02. The molecule has 2 unspecified atom stereocenters. The van der Waals surface area contributed by atoms with Crippen molar-refractivity contribution in [2.24, 2.45) is 0 Å². The van der Waals surface area contributed by atoms with Crippen LogP contribution in [0.3, 0.4) is 0 Å². The fourth-order valence-corrected chi connectivity index (χ4v) is 2.18. The van der Waals surface area contributed by atoms with Crippen molar-refractivity contribution >= 4 is 17.2 Å². The van der Waals surface area contributed by atoms with Crippen LogP contribution in [0.2, 0.25) is 0 Å². The maximum absolute atomic E-state index is 2.36. The molecule has 0 aromatic rings. The fourth-order valence-electron chi connectivity index (χ4n) is 0.766. The molecule has 0 aliphatic carbocycles. The van der Waals surface area contributed by atoms with Crippen LogP contribution in [0.4, 0.5) is 0 Å².